The average Bonchev–Trinajstić information content (AvgIpc) is 2.49. The van der Waals surface area contributed by atoms with Crippen molar-refractivity contribution < 1.29 is 0 Å². The van der Waals surface area contributed by atoms with Crippen molar-refractivity contribution in [3.63, 3.8) is 0 Å². The Morgan fingerprint density at radius 3 is 2.30 bits per heavy atom. The van der Waals surface area contributed by atoms with Crippen molar-refractivity contribution in [2.24, 2.45) is 0 Å². The Morgan fingerprint density at radius 2 is 1.70 bits per heavy atom. The van der Waals surface area contributed by atoms with Crippen molar-refractivity contribution in [2.45, 2.75) is 26.3 Å². The molecule has 0 heterocycles. The van der Waals surface area contributed by atoms with E-state index in [1.165, 1.54) is 11.1 Å². The molecule has 2 aromatic carbocycles. The minimum atomic E-state index is 0.186. The molecule has 2 nitrogen and oxygen atoms in total. The van der Waals surface area contributed by atoms with E-state index in [0.717, 1.165) is 12.1 Å². The van der Waals surface area contributed by atoms with Crippen LogP contribution in [0.3, 0.4) is 0 Å². The van der Waals surface area contributed by atoms with E-state index in [9.17, 15) is 0 Å². The minimum Gasteiger partial charge on any atom is -0.356 e. The highest BCUT2D eigenvalue weighted by molar-refractivity contribution is 7.80. The third-order valence-electron chi connectivity index (χ3n) is 3.27. The number of rotatable bonds is 4. The lowest BCUT2D eigenvalue weighted by molar-refractivity contribution is 0.722. The Morgan fingerprint density at radius 1 is 1.05 bits per heavy atom. The molecule has 3 heteroatoms. The van der Waals surface area contributed by atoms with Gasteiger partial charge in [-0.2, -0.15) is 0 Å². The van der Waals surface area contributed by atoms with Crippen LogP contribution in [0.2, 0.25) is 0 Å². The number of hydrogen-bond acceptors (Lipinski definition) is 1. The second-order valence-electron chi connectivity index (χ2n) is 4.78. The first-order chi connectivity index (χ1) is 9.69. The first kappa shape index (κ1) is 14.5. The number of thiocarbonyl (C=S) groups is 1. The van der Waals surface area contributed by atoms with Gasteiger partial charge in [0.1, 0.15) is 0 Å². The lowest BCUT2D eigenvalue weighted by Crippen LogP contribution is -2.30. The summed E-state index contributed by atoms with van der Waals surface area (Å²) in [6.45, 7) is 4.25. The molecule has 0 aliphatic carbocycles. The maximum atomic E-state index is 5.35. The van der Waals surface area contributed by atoms with Gasteiger partial charge in [-0.3, -0.25) is 0 Å². The van der Waals surface area contributed by atoms with Crippen molar-refractivity contribution >= 4 is 23.0 Å². The minimum absolute atomic E-state index is 0.186. The summed E-state index contributed by atoms with van der Waals surface area (Å²) in [5, 5.41) is 7.15. The van der Waals surface area contributed by atoms with Gasteiger partial charge in [0.05, 0.1) is 6.04 Å². The fraction of sp³-hybridized carbons (Fsp3) is 0.235. The highest BCUT2D eigenvalue weighted by atomic mass is 32.1. The predicted octanol–water partition coefficient (Wildman–Crippen LogP) is 4.30. The number of aryl methyl sites for hydroxylation is 1. The summed E-state index contributed by atoms with van der Waals surface area (Å²) >= 11 is 5.35. The largest absolute Gasteiger partial charge is 0.356 e. The van der Waals surface area contributed by atoms with E-state index in [1.807, 2.05) is 18.2 Å². The van der Waals surface area contributed by atoms with Gasteiger partial charge in [0.25, 0.3) is 0 Å². The van der Waals surface area contributed by atoms with E-state index in [-0.39, 0.29) is 6.04 Å². The summed E-state index contributed by atoms with van der Waals surface area (Å²) in [5.74, 6) is 0. The van der Waals surface area contributed by atoms with E-state index in [1.54, 1.807) is 0 Å². The molecule has 2 N–H and O–H groups in total. The predicted molar refractivity (Wildman–Crippen MR) is 90.0 cm³/mol. The van der Waals surface area contributed by atoms with Crippen molar-refractivity contribution in [3.8, 4) is 0 Å². The molecule has 0 aromatic heterocycles. The van der Waals surface area contributed by atoms with Crippen LogP contribution in [0.1, 0.15) is 31.0 Å². The summed E-state index contributed by atoms with van der Waals surface area (Å²) in [4.78, 5) is 0. The molecule has 0 bridgehead atoms. The molecule has 1 atom stereocenters. The van der Waals surface area contributed by atoms with Gasteiger partial charge in [0.15, 0.2) is 5.11 Å². The van der Waals surface area contributed by atoms with Crippen molar-refractivity contribution in [1.82, 2.24) is 5.32 Å². The third-order valence-corrected chi connectivity index (χ3v) is 3.49. The molecule has 2 rings (SSSR count). The first-order valence-electron chi connectivity index (χ1n) is 6.90. The molecular formula is C17H20N2S. The maximum Gasteiger partial charge on any atom is 0.171 e. The van der Waals surface area contributed by atoms with Gasteiger partial charge in [-0.1, -0.05) is 49.4 Å². The van der Waals surface area contributed by atoms with E-state index in [4.69, 9.17) is 12.2 Å². The van der Waals surface area contributed by atoms with Gasteiger partial charge in [0.2, 0.25) is 0 Å². The summed E-state index contributed by atoms with van der Waals surface area (Å²) in [7, 11) is 0. The van der Waals surface area contributed by atoms with Crippen LogP contribution in [-0.4, -0.2) is 5.11 Å². The van der Waals surface area contributed by atoms with Crippen molar-refractivity contribution in [1.29, 1.82) is 0 Å². The lowest BCUT2D eigenvalue weighted by Gasteiger charge is -2.17. The smallest absolute Gasteiger partial charge is 0.171 e. The average molecular weight is 284 g/mol. The van der Waals surface area contributed by atoms with Gasteiger partial charge in [-0.15, -0.1) is 0 Å². The van der Waals surface area contributed by atoms with Crippen LogP contribution in [0.5, 0.6) is 0 Å². The fourth-order valence-electron chi connectivity index (χ4n) is 2.01. The Balaban J connectivity index is 1.91. The Bertz CT molecular complexity index is 549. The van der Waals surface area contributed by atoms with Gasteiger partial charge in [-0.25, -0.2) is 0 Å². The van der Waals surface area contributed by atoms with Crippen molar-refractivity contribution in [2.75, 3.05) is 5.32 Å². The zero-order chi connectivity index (χ0) is 14.4. The highest BCUT2D eigenvalue weighted by Gasteiger charge is 2.06. The molecule has 0 spiro atoms. The van der Waals surface area contributed by atoms with Crippen LogP contribution < -0.4 is 10.6 Å². The Labute approximate surface area is 126 Å². The third kappa shape index (κ3) is 4.07. The lowest BCUT2D eigenvalue weighted by atomic mass is 10.1. The number of anilines is 1. The zero-order valence-corrected chi connectivity index (χ0v) is 12.7. The number of hydrogen-bond donors (Lipinski definition) is 2. The first-order valence-corrected chi connectivity index (χ1v) is 7.31. The second-order valence-corrected chi connectivity index (χ2v) is 5.19. The summed E-state index contributed by atoms with van der Waals surface area (Å²) in [5.41, 5.74) is 3.56. The molecule has 0 amide bonds. The standard InChI is InChI=1S/C17H20N2S/c1-3-14-9-11-16(12-10-14)19-17(20)18-13(2)15-7-5-4-6-8-15/h4-13H,3H2,1-2H3,(H2,18,19,20)/t13-/m1/s1. The van der Waals surface area contributed by atoms with Crippen molar-refractivity contribution in [3.05, 3.63) is 65.7 Å². The number of benzene rings is 2. The number of nitrogens with one attached hydrogen (secondary N) is 2. The molecule has 2 aromatic rings. The van der Waals surface area contributed by atoms with Gasteiger partial charge in [0, 0.05) is 5.69 Å². The summed E-state index contributed by atoms with van der Waals surface area (Å²) in [6.07, 6.45) is 1.05. The topological polar surface area (TPSA) is 24.1 Å². The van der Waals surface area contributed by atoms with Crippen LogP contribution in [-0.2, 0) is 6.42 Å². The fourth-order valence-corrected chi connectivity index (χ4v) is 2.31. The van der Waals surface area contributed by atoms with Crippen LogP contribution in [0, 0.1) is 0 Å². The quantitative estimate of drug-likeness (QED) is 0.819. The van der Waals surface area contributed by atoms with Crippen LogP contribution >= 0.6 is 12.2 Å². The summed E-state index contributed by atoms with van der Waals surface area (Å²) in [6, 6.07) is 18.8. The molecule has 0 aliphatic heterocycles. The molecular weight excluding hydrogens is 264 g/mol. The molecule has 0 saturated heterocycles. The highest BCUT2D eigenvalue weighted by Crippen LogP contribution is 2.13. The van der Waals surface area contributed by atoms with E-state index < -0.39 is 0 Å². The molecule has 0 saturated carbocycles. The second kappa shape index (κ2) is 7.06. The zero-order valence-electron chi connectivity index (χ0n) is 11.9. The van der Waals surface area contributed by atoms with Crippen LogP contribution in [0.15, 0.2) is 54.6 Å². The SMILES string of the molecule is CCc1ccc(NC(=S)N[C@H](C)c2ccccc2)cc1. The Kier molecular flexibility index (Phi) is 5.13. The monoisotopic (exact) mass is 284 g/mol. The van der Waals surface area contributed by atoms with Crippen LogP contribution in [0.25, 0.3) is 0 Å². The normalized spacial score (nSPS) is 11.7. The van der Waals surface area contributed by atoms with Gasteiger partial charge >= 0.3 is 0 Å². The molecule has 0 aliphatic rings. The molecule has 0 fully saturated rings. The van der Waals surface area contributed by atoms with E-state index in [0.29, 0.717) is 5.11 Å². The molecule has 104 valence electrons. The van der Waals surface area contributed by atoms with E-state index >= 15 is 0 Å². The van der Waals surface area contributed by atoms with E-state index in [2.05, 4.69) is 60.9 Å². The van der Waals surface area contributed by atoms with Gasteiger partial charge in [-0.05, 0) is 48.8 Å². The van der Waals surface area contributed by atoms with Crippen LogP contribution in [0.4, 0.5) is 5.69 Å². The summed E-state index contributed by atoms with van der Waals surface area (Å²) < 4.78 is 0. The molecule has 20 heavy (non-hydrogen) atoms. The van der Waals surface area contributed by atoms with Gasteiger partial charge < -0.3 is 10.6 Å². The molecule has 0 unspecified atom stereocenters. The molecule has 0 radical (unpaired) electrons. The Hall–Kier alpha value is -1.87. The maximum absolute atomic E-state index is 5.35.